The number of aromatic nitrogens is 1. The van der Waals surface area contributed by atoms with Crippen LogP contribution in [0.25, 0.3) is 0 Å². The van der Waals surface area contributed by atoms with E-state index in [0.29, 0.717) is 11.7 Å². The minimum atomic E-state index is -3.53. The molecule has 2 aromatic rings. The van der Waals surface area contributed by atoms with Crippen molar-refractivity contribution in [2.24, 2.45) is 0 Å². The molecule has 0 bridgehead atoms. The Morgan fingerprint density at radius 1 is 1.16 bits per heavy atom. The van der Waals surface area contributed by atoms with Crippen molar-refractivity contribution >= 4 is 10.0 Å². The Labute approximate surface area is 112 Å². The molecule has 6 heteroatoms. The van der Waals surface area contributed by atoms with E-state index in [4.69, 9.17) is 4.42 Å². The summed E-state index contributed by atoms with van der Waals surface area (Å²) in [6.07, 6.45) is 0. The number of benzene rings is 1. The molecule has 0 aliphatic rings. The summed E-state index contributed by atoms with van der Waals surface area (Å²) in [5.74, 6) is 1.07. The average molecular weight is 280 g/mol. The van der Waals surface area contributed by atoms with Gasteiger partial charge in [-0.25, -0.2) is 18.1 Å². The predicted octanol–water partition coefficient (Wildman–Crippen LogP) is 2.08. The number of oxazole rings is 1. The fourth-order valence-corrected chi connectivity index (χ4v) is 2.55. The number of nitrogens with zero attached hydrogens (tertiary/aromatic N) is 1. The Balaban J connectivity index is 2.11. The summed E-state index contributed by atoms with van der Waals surface area (Å²) in [4.78, 5) is 4.36. The molecule has 0 saturated heterocycles. The van der Waals surface area contributed by atoms with Crippen LogP contribution in [0.4, 0.5) is 0 Å². The smallest absolute Gasteiger partial charge is 0.241 e. The van der Waals surface area contributed by atoms with Gasteiger partial charge in [0.25, 0.3) is 0 Å². The first-order chi connectivity index (χ1) is 8.88. The molecule has 5 nitrogen and oxygen atoms in total. The van der Waals surface area contributed by atoms with E-state index in [2.05, 4.69) is 9.71 Å². The lowest BCUT2D eigenvalue weighted by Gasteiger charge is -2.05. The first-order valence-electron chi connectivity index (χ1n) is 5.88. The number of hydrogen-bond donors (Lipinski definition) is 1. The van der Waals surface area contributed by atoms with Gasteiger partial charge in [0.1, 0.15) is 5.76 Å². The van der Waals surface area contributed by atoms with Gasteiger partial charge in [-0.3, -0.25) is 0 Å². The Kier molecular flexibility index (Phi) is 3.73. The van der Waals surface area contributed by atoms with Crippen molar-refractivity contribution in [3.05, 3.63) is 47.2 Å². The second-order valence-corrected chi connectivity index (χ2v) is 6.15. The van der Waals surface area contributed by atoms with E-state index in [9.17, 15) is 8.42 Å². The van der Waals surface area contributed by atoms with Gasteiger partial charge < -0.3 is 4.42 Å². The molecular formula is C13H16N2O3S. The molecule has 0 atom stereocenters. The lowest BCUT2D eigenvalue weighted by molar-refractivity contribution is 0.463. The predicted molar refractivity (Wildman–Crippen MR) is 71.2 cm³/mol. The van der Waals surface area contributed by atoms with Gasteiger partial charge in [0.05, 0.1) is 17.1 Å². The van der Waals surface area contributed by atoms with Crippen LogP contribution in [0.2, 0.25) is 0 Å². The molecule has 0 spiro atoms. The van der Waals surface area contributed by atoms with Gasteiger partial charge in [0.15, 0.2) is 0 Å². The zero-order chi connectivity index (χ0) is 14.0. The summed E-state index contributed by atoms with van der Waals surface area (Å²) in [6.45, 7) is 5.56. The lowest BCUT2D eigenvalue weighted by Crippen LogP contribution is -2.23. The molecule has 102 valence electrons. The van der Waals surface area contributed by atoms with E-state index in [1.807, 2.05) is 13.8 Å². The normalized spacial score (nSPS) is 11.7. The molecule has 0 amide bonds. The van der Waals surface area contributed by atoms with E-state index in [1.54, 1.807) is 31.2 Å². The average Bonchev–Trinajstić information content (AvgIpc) is 2.67. The van der Waals surface area contributed by atoms with Crippen LogP contribution in [0.15, 0.2) is 33.6 Å². The fraction of sp³-hybridized carbons (Fsp3) is 0.308. The van der Waals surface area contributed by atoms with Crippen molar-refractivity contribution in [1.29, 1.82) is 0 Å². The third-order valence-electron chi connectivity index (χ3n) is 2.82. The quantitative estimate of drug-likeness (QED) is 0.930. The molecule has 1 aromatic carbocycles. The topological polar surface area (TPSA) is 72.2 Å². The van der Waals surface area contributed by atoms with Crippen LogP contribution in [-0.4, -0.2) is 13.4 Å². The van der Waals surface area contributed by atoms with E-state index in [0.717, 1.165) is 11.3 Å². The summed E-state index contributed by atoms with van der Waals surface area (Å²) in [6, 6.07) is 6.66. The first-order valence-corrected chi connectivity index (χ1v) is 7.36. The molecule has 0 aliphatic heterocycles. The van der Waals surface area contributed by atoms with E-state index in [-0.39, 0.29) is 11.4 Å². The molecule has 0 aliphatic carbocycles. The lowest BCUT2D eigenvalue weighted by atomic mass is 10.2. The Bertz CT molecular complexity index is 653. The van der Waals surface area contributed by atoms with Crippen LogP contribution in [0, 0.1) is 20.8 Å². The van der Waals surface area contributed by atoms with Crippen LogP contribution in [0.1, 0.15) is 22.9 Å². The first kappa shape index (κ1) is 13.8. The van der Waals surface area contributed by atoms with Crippen LogP contribution in [0.3, 0.4) is 0 Å². The van der Waals surface area contributed by atoms with Crippen molar-refractivity contribution in [1.82, 2.24) is 9.71 Å². The minimum absolute atomic E-state index is 0.0465. The second kappa shape index (κ2) is 5.14. The van der Waals surface area contributed by atoms with Crippen LogP contribution in [-0.2, 0) is 16.6 Å². The maximum atomic E-state index is 12.0. The number of hydrogen-bond acceptors (Lipinski definition) is 4. The largest absolute Gasteiger partial charge is 0.444 e. The van der Waals surface area contributed by atoms with Gasteiger partial charge >= 0.3 is 0 Å². The highest BCUT2D eigenvalue weighted by atomic mass is 32.2. The SMILES string of the molecule is Cc1ccc(S(=O)(=O)NCc2nc(C)c(C)o2)cc1. The second-order valence-electron chi connectivity index (χ2n) is 4.39. The van der Waals surface area contributed by atoms with Gasteiger partial charge in [0.2, 0.25) is 15.9 Å². The third-order valence-corrected chi connectivity index (χ3v) is 4.23. The van der Waals surface area contributed by atoms with Crippen LogP contribution < -0.4 is 4.72 Å². The van der Waals surface area contributed by atoms with Gasteiger partial charge in [0, 0.05) is 0 Å². The van der Waals surface area contributed by atoms with Crippen LogP contribution >= 0.6 is 0 Å². The van der Waals surface area contributed by atoms with Crippen molar-refractivity contribution < 1.29 is 12.8 Å². The van der Waals surface area contributed by atoms with Gasteiger partial charge in [-0.2, -0.15) is 0 Å². The molecule has 0 fully saturated rings. The van der Waals surface area contributed by atoms with Gasteiger partial charge in [-0.15, -0.1) is 0 Å². The molecule has 0 radical (unpaired) electrons. The summed E-state index contributed by atoms with van der Waals surface area (Å²) in [5, 5.41) is 0. The molecule has 1 aromatic heterocycles. The Morgan fingerprint density at radius 2 is 1.79 bits per heavy atom. The summed E-state index contributed by atoms with van der Waals surface area (Å²) in [5.41, 5.74) is 1.78. The van der Waals surface area contributed by atoms with Gasteiger partial charge in [-0.05, 0) is 32.9 Å². The fourth-order valence-electron chi connectivity index (χ4n) is 1.57. The number of rotatable bonds is 4. The third kappa shape index (κ3) is 3.21. The van der Waals surface area contributed by atoms with E-state index >= 15 is 0 Å². The number of sulfonamides is 1. The maximum Gasteiger partial charge on any atom is 0.241 e. The molecule has 1 heterocycles. The maximum absolute atomic E-state index is 12.0. The molecule has 19 heavy (non-hydrogen) atoms. The summed E-state index contributed by atoms with van der Waals surface area (Å²) >= 11 is 0. The number of nitrogens with one attached hydrogen (secondary N) is 1. The molecular weight excluding hydrogens is 264 g/mol. The Hall–Kier alpha value is -1.66. The zero-order valence-corrected chi connectivity index (χ0v) is 11.9. The molecule has 2 rings (SSSR count). The highest BCUT2D eigenvalue weighted by molar-refractivity contribution is 7.89. The highest BCUT2D eigenvalue weighted by Crippen LogP contribution is 2.12. The monoisotopic (exact) mass is 280 g/mol. The summed E-state index contributed by atoms with van der Waals surface area (Å²) in [7, 11) is -3.53. The van der Waals surface area contributed by atoms with Crippen molar-refractivity contribution in [3.8, 4) is 0 Å². The van der Waals surface area contributed by atoms with Crippen LogP contribution in [0.5, 0.6) is 0 Å². The molecule has 1 N–H and O–H groups in total. The van der Waals surface area contributed by atoms with Crippen molar-refractivity contribution in [3.63, 3.8) is 0 Å². The summed E-state index contributed by atoms with van der Waals surface area (Å²) < 4.78 is 31.9. The zero-order valence-electron chi connectivity index (χ0n) is 11.1. The van der Waals surface area contributed by atoms with E-state index < -0.39 is 10.0 Å². The Morgan fingerprint density at radius 3 is 2.32 bits per heavy atom. The van der Waals surface area contributed by atoms with Crippen molar-refractivity contribution in [2.75, 3.05) is 0 Å². The van der Waals surface area contributed by atoms with E-state index in [1.165, 1.54) is 0 Å². The standard InChI is InChI=1S/C13H16N2O3S/c1-9-4-6-12(7-5-9)19(16,17)14-8-13-15-10(2)11(3)18-13/h4-7,14H,8H2,1-3H3. The van der Waals surface area contributed by atoms with Gasteiger partial charge in [-0.1, -0.05) is 17.7 Å². The number of aryl methyl sites for hydroxylation is 3. The molecule has 0 saturated carbocycles. The minimum Gasteiger partial charge on any atom is -0.444 e. The van der Waals surface area contributed by atoms with Crippen molar-refractivity contribution in [2.45, 2.75) is 32.2 Å². The molecule has 0 unspecified atom stereocenters. The highest BCUT2D eigenvalue weighted by Gasteiger charge is 2.15.